The van der Waals surface area contributed by atoms with Crippen LogP contribution in [0.5, 0.6) is 0 Å². The highest BCUT2D eigenvalue weighted by Crippen LogP contribution is 2.37. The summed E-state index contributed by atoms with van der Waals surface area (Å²) in [7, 11) is -3.40. The smallest absolute Gasteiger partial charge is 0.259 e. The molecule has 174 valence electrons. The predicted molar refractivity (Wildman–Crippen MR) is 127 cm³/mol. The van der Waals surface area contributed by atoms with Crippen LogP contribution in [0.25, 0.3) is 0 Å². The Labute approximate surface area is 191 Å². The van der Waals surface area contributed by atoms with Crippen LogP contribution in [-0.4, -0.2) is 15.2 Å². The maximum absolute atomic E-state index is 13.1. The molecule has 2 aromatic rings. The average Bonchev–Trinajstić information content (AvgIpc) is 3.13. The second kappa shape index (κ2) is 9.06. The van der Waals surface area contributed by atoms with Crippen molar-refractivity contribution < 1.29 is 18.8 Å². The van der Waals surface area contributed by atoms with Crippen molar-refractivity contribution in [3.63, 3.8) is 0 Å². The van der Waals surface area contributed by atoms with E-state index in [1.54, 1.807) is 38.1 Å². The second-order valence-electron chi connectivity index (χ2n) is 9.61. The predicted octanol–water partition coefficient (Wildman–Crippen LogP) is 4.66. The zero-order valence-electron chi connectivity index (χ0n) is 19.8. The fourth-order valence-electron chi connectivity index (χ4n) is 4.29. The highest BCUT2D eigenvalue weighted by molar-refractivity contribution is 7.91. The van der Waals surface area contributed by atoms with Gasteiger partial charge in [-0.1, -0.05) is 45.9 Å². The summed E-state index contributed by atoms with van der Waals surface area (Å²) >= 11 is 0. The van der Waals surface area contributed by atoms with Gasteiger partial charge in [0, 0.05) is 0 Å². The van der Waals surface area contributed by atoms with Gasteiger partial charge in [0.25, 0.3) is 5.91 Å². The van der Waals surface area contributed by atoms with E-state index in [9.17, 15) is 14.1 Å². The normalized spacial score (nSPS) is 15.7. The van der Waals surface area contributed by atoms with Gasteiger partial charge in [0.1, 0.15) is 9.92 Å². The summed E-state index contributed by atoms with van der Waals surface area (Å²) in [6.07, 6.45) is 0.0459. The lowest BCUT2D eigenvalue weighted by molar-refractivity contribution is -0.117. The van der Waals surface area contributed by atoms with Crippen LogP contribution in [0.2, 0.25) is 0 Å². The Bertz CT molecular complexity index is 1140. The van der Waals surface area contributed by atoms with Crippen LogP contribution in [0, 0.1) is 0 Å². The van der Waals surface area contributed by atoms with Crippen LogP contribution in [0.4, 0.5) is 0 Å². The van der Waals surface area contributed by atoms with E-state index >= 15 is 0 Å². The standard InChI is InChI=1S/C25H34N2O4S/c1-15(2)20-11-17-13-31-14-22(17)24(16(3)4)21(20)12-23(28)27-32(26,30)19-9-7-18(8-10-19)25(5,6)29/h7-11,15-16,29H,12-14H2,1-6H3,(H2,26,27,28,30). The van der Waals surface area contributed by atoms with E-state index in [0.717, 1.165) is 22.3 Å². The molecule has 1 atom stereocenters. The van der Waals surface area contributed by atoms with Gasteiger partial charge in [-0.25, -0.2) is 9.35 Å². The Hall–Kier alpha value is -2.06. The maximum atomic E-state index is 13.1. The van der Waals surface area contributed by atoms with Crippen LogP contribution < -0.4 is 5.14 Å². The molecule has 1 aliphatic rings. The lowest BCUT2D eigenvalue weighted by Crippen LogP contribution is -2.19. The summed E-state index contributed by atoms with van der Waals surface area (Å²) in [6, 6.07) is 8.54. The topological polar surface area (TPSA) is 102 Å². The minimum atomic E-state index is -3.40. The zero-order chi connectivity index (χ0) is 23.8. The number of fused-ring (bicyclic) bond motifs is 1. The number of benzene rings is 2. The number of carbonyl (C=O) groups is 1. The molecule has 1 unspecified atom stereocenters. The maximum Gasteiger partial charge on any atom is 0.259 e. The van der Waals surface area contributed by atoms with Gasteiger partial charge in [0.2, 0.25) is 0 Å². The van der Waals surface area contributed by atoms with Crippen molar-refractivity contribution in [2.75, 3.05) is 0 Å². The third-order valence-electron chi connectivity index (χ3n) is 5.88. The summed E-state index contributed by atoms with van der Waals surface area (Å²) in [5.74, 6) is -0.0758. The summed E-state index contributed by atoms with van der Waals surface area (Å²) in [4.78, 5) is 13.2. The number of aliphatic hydroxyl groups is 1. The molecule has 0 fully saturated rings. The number of rotatable bonds is 6. The van der Waals surface area contributed by atoms with Gasteiger partial charge in [0.05, 0.1) is 30.1 Å². The Morgan fingerprint density at radius 3 is 2.31 bits per heavy atom. The average molecular weight is 459 g/mol. The van der Waals surface area contributed by atoms with Gasteiger partial charge in [-0.3, -0.25) is 4.79 Å². The molecule has 6 nitrogen and oxygen atoms in total. The van der Waals surface area contributed by atoms with E-state index in [1.807, 2.05) is 0 Å². The van der Waals surface area contributed by atoms with Crippen LogP contribution >= 0.6 is 0 Å². The number of nitrogens with zero attached hydrogens (tertiary/aromatic N) is 1. The Morgan fingerprint density at radius 2 is 1.78 bits per heavy atom. The first-order chi connectivity index (χ1) is 14.8. The van der Waals surface area contributed by atoms with Crippen molar-refractivity contribution in [3.8, 4) is 0 Å². The molecule has 0 bridgehead atoms. The van der Waals surface area contributed by atoms with Crippen LogP contribution in [-0.2, 0) is 44.7 Å². The molecular formula is C25H34N2O4S. The molecule has 0 saturated heterocycles. The fraction of sp³-hybridized carbons (Fsp3) is 0.480. The summed E-state index contributed by atoms with van der Waals surface area (Å²) < 4.78 is 22.7. The summed E-state index contributed by atoms with van der Waals surface area (Å²) in [5.41, 5.74) is 5.14. The fourth-order valence-corrected chi connectivity index (χ4v) is 5.29. The molecule has 0 spiro atoms. The molecule has 32 heavy (non-hydrogen) atoms. The number of hydrogen-bond acceptors (Lipinski definition) is 4. The minimum Gasteiger partial charge on any atom is -0.386 e. The Balaban J connectivity index is 2.00. The van der Waals surface area contributed by atoms with Gasteiger partial charge >= 0.3 is 0 Å². The van der Waals surface area contributed by atoms with E-state index in [0.29, 0.717) is 18.8 Å². The first-order valence-electron chi connectivity index (χ1n) is 11.0. The molecule has 2 aromatic carbocycles. The molecule has 7 heteroatoms. The largest absolute Gasteiger partial charge is 0.386 e. The Kier molecular flexibility index (Phi) is 6.96. The number of ether oxygens (including phenoxy) is 1. The lowest BCUT2D eigenvalue weighted by atomic mass is 9.82. The Morgan fingerprint density at radius 1 is 1.16 bits per heavy atom. The van der Waals surface area contributed by atoms with Crippen molar-refractivity contribution in [1.82, 2.24) is 0 Å². The lowest BCUT2D eigenvalue weighted by Gasteiger charge is -2.22. The first-order valence-corrected chi connectivity index (χ1v) is 12.5. The van der Waals surface area contributed by atoms with E-state index in [4.69, 9.17) is 9.88 Å². The van der Waals surface area contributed by atoms with Crippen molar-refractivity contribution >= 4 is 15.8 Å². The molecular weight excluding hydrogens is 424 g/mol. The van der Waals surface area contributed by atoms with Crippen molar-refractivity contribution in [2.24, 2.45) is 9.50 Å². The highest BCUT2D eigenvalue weighted by Gasteiger charge is 2.26. The molecule has 0 saturated carbocycles. The summed E-state index contributed by atoms with van der Waals surface area (Å²) in [5, 5.41) is 16.1. The summed E-state index contributed by atoms with van der Waals surface area (Å²) in [6.45, 7) is 12.9. The van der Waals surface area contributed by atoms with Gasteiger partial charge in [0.15, 0.2) is 0 Å². The van der Waals surface area contributed by atoms with Crippen LogP contribution in [0.1, 0.15) is 86.8 Å². The van der Waals surface area contributed by atoms with Gasteiger partial charge < -0.3 is 9.84 Å². The highest BCUT2D eigenvalue weighted by atomic mass is 32.2. The van der Waals surface area contributed by atoms with E-state index in [1.165, 1.54) is 5.56 Å². The van der Waals surface area contributed by atoms with Crippen molar-refractivity contribution in [2.45, 2.75) is 83.5 Å². The number of nitrogens with two attached hydrogens (primary N) is 1. The molecule has 1 amide bonds. The number of hydrogen-bond donors (Lipinski definition) is 2. The van der Waals surface area contributed by atoms with E-state index < -0.39 is 21.4 Å². The van der Waals surface area contributed by atoms with Gasteiger partial charge in [-0.15, -0.1) is 4.36 Å². The van der Waals surface area contributed by atoms with Crippen LogP contribution in [0.3, 0.4) is 0 Å². The molecule has 1 aliphatic heterocycles. The van der Waals surface area contributed by atoms with E-state index in [-0.39, 0.29) is 23.2 Å². The van der Waals surface area contributed by atoms with Crippen molar-refractivity contribution in [3.05, 3.63) is 63.7 Å². The SMILES string of the molecule is CC(C)c1cc2c(c(C(C)C)c1CC(=O)N=S(N)(=O)c1ccc(C(C)(C)O)cc1)COC2. The van der Waals surface area contributed by atoms with E-state index in [2.05, 4.69) is 38.1 Å². The minimum absolute atomic E-state index is 0.0459. The number of amides is 1. The second-order valence-corrected chi connectivity index (χ2v) is 11.4. The molecule has 0 aromatic heterocycles. The molecule has 0 radical (unpaired) electrons. The monoisotopic (exact) mass is 458 g/mol. The molecule has 3 rings (SSSR count). The van der Waals surface area contributed by atoms with Crippen LogP contribution in [0.15, 0.2) is 39.6 Å². The number of carbonyl (C=O) groups excluding carboxylic acids is 1. The molecule has 0 aliphatic carbocycles. The third-order valence-corrected chi connectivity index (χ3v) is 7.31. The van der Waals surface area contributed by atoms with Gasteiger partial charge in [-0.2, -0.15) is 0 Å². The quantitative estimate of drug-likeness (QED) is 0.657. The third kappa shape index (κ3) is 5.12. The molecule has 1 heterocycles. The van der Waals surface area contributed by atoms with Gasteiger partial charge in [-0.05, 0) is 71.2 Å². The zero-order valence-corrected chi connectivity index (χ0v) is 20.6. The molecule has 3 N–H and O–H groups in total. The van der Waals surface area contributed by atoms with Crippen molar-refractivity contribution in [1.29, 1.82) is 0 Å². The first kappa shape index (κ1) is 24.6.